The van der Waals surface area contributed by atoms with Gasteiger partial charge in [-0.15, -0.1) is 0 Å². The van der Waals surface area contributed by atoms with Gasteiger partial charge in [0.25, 0.3) is 17.5 Å². The molecule has 0 fully saturated rings. The summed E-state index contributed by atoms with van der Waals surface area (Å²) in [6, 6.07) is 5.69. The van der Waals surface area contributed by atoms with Gasteiger partial charge in [-0.3, -0.25) is 19.7 Å². The fourth-order valence-corrected chi connectivity index (χ4v) is 1.68. The molecule has 0 bridgehead atoms. The Bertz CT molecular complexity index is 709. The van der Waals surface area contributed by atoms with Crippen LogP contribution in [-0.4, -0.2) is 33.8 Å². The summed E-state index contributed by atoms with van der Waals surface area (Å²) in [6.07, 6.45) is 1.19. The monoisotopic (exact) mass is 289 g/mol. The summed E-state index contributed by atoms with van der Waals surface area (Å²) in [5, 5.41) is 15.6. The summed E-state index contributed by atoms with van der Waals surface area (Å²) in [5.74, 6) is -1.23. The van der Waals surface area contributed by atoms with Crippen LogP contribution in [0.4, 0.5) is 11.4 Å². The summed E-state index contributed by atoms with van der Waals surface area (Å²) < 4.78 is 0. The van der Waals surface area contributed by atoms with Gasteiger partial charge < -0.3 is 15.6 Å². The van der Waals surface area contributed by atoms with Crippen LogP contribution in [-0.2, 0) is 0 Å². The molecule has 2 aromatic rings. The van der Waals surface area contributed by atoms with E-state index in [2.05, 4.69) is 20.6 Å². The average Bonchev–Trinajstić information content (AvgIpc) is 2.96. The second-order valence-corrected chi connectivity index (χ2v) is 3.93. The third-order valence-corrected chi connectivity index (χ3v) is 2.66. The Morgan fingerprint density at radius 2 is 2.00 bits per heavy atom. The zero-order valence-electron chi connectivity index (χ0n) is 10.9. The highest BCUT2D eigenvalue weighted by molar-refractivity contribution is 6.10. The normalized spacial score (nSPS) is 9.95. The van der Waals surface area contributed by atoms with Gasteiger partial charge in [-0.05, 0) is 6.07 Å². The summed E-state index contributed by atoms with van der Waals surface area (Å²) in [5.41, 5.74) is -0.387. The Kier molecular flexibility index (Phi) is 3.93. The van der Waals surface area contributed by atoms with Crippen molar-refractivity contribution in [1.82, 2.24) is 15.3 Å². The van der Waals surface area contributed by atoms with E-state index in [4.69, 9.17) is 0 Å². The number of carbonyl (C=O) groups excluding carboxylic acids is 2. The zero-order chi connectivity index (χ0) is 15.4. The molecule has 1 aromatic heterocycles. The van der Waals surface area contributed by atoms with Crippen molar-refractivity contribution in [2.75, 3.05) is 12.4 Å². The highest BCUT2D eigenvalue weighted by atomic mass is 16.6. The first-order chi connectivity index (χ1) is 10.0. The maximum Gasteiger partial charge on any atom is 0.292 e. The van der Waals surface area contributed by atoms with E-state index < -0.39 is 16.7 Å². The van der Waals surface area contributed by atoms with Gasteiger partial charge in [0.2, 0.25) is 0 Å². The smallest absolute Gasteiger partial charge is 0.292 e. The van der Waals surface area contributed by atoms with Gasteiger partial charge in [-0.1, -0.05) is 12.1 Å². The molecule has 0 aliphatic carbocycles. The molecule has 0 aliphatic heterocycles. The topological polar surface area (TPSA) is 130 Å². The number of hydrogen-bond donors (Lipinski definition) is 3. The Hall–Kier alpha value is -3.23. The summed E-state index contributed by atoms with van der Waals surface area (Å²) in [7, 11) is 1.41. The molecule has 0 radical (unpaired) electrons. The zero-order valence-corrected chi connectivity index (χ0v) is 10.9. The minimum absolute atomic E-state index is 0.0198. The number of rotatable bonds is 4. The molecule has 0 aliphatic rings. The maximum absolute atomic E-state index is 12.1. The van der Waals surface area contributed by atoms with Crippen LogP contribution in [0.25, 0.3) is 0 Å². The van der Waals surface area contributed by atoms with Crippen molar-refractivity contribution in [3.8, 4) is 0 Å². The largest absolute Gasteiger partial charge is 0.354 e. The number of nitro groups is 1. The molecule has 0 atom stereocenters. The number of hydrogen-bond acceptors (Lipinski definition) is 5. The molecule has 1 heterocycles. The van der Waals surface area contributed by atoms with Crippen LogP contribution in [0, 0.1) is 10.1 Å². The number of para-hydroxylation sites is 2. The summed E-state index contributed by atoms with van der Waals surface area (Å²) >= 11 is 0. The third-order valence-electron chi connectivity index (χ3n) is 2.66. The Labute approximate surface area is 118 Å². The van der Waals surface area contributed by atoms with E-state index in [0.29, 0.717) is 0 Å². The van der Waals surface area contributed by atoms with Crippen LogP contribution in [0.3, 0.4) is 0 Å². The lowest BCUT2D eigenvalue weighted by Crippen LogP contribution is -2.23. The van der Waals surface area contributed by atoms with Crippen LogP contribution in [0.1, 0.15) is 21.0 Å². The van der Waals surface area contributed by atoms with Gasteiger partial charge in [0.05, 0.1) is 11.3 Å². The van der Waals surface area contributed by atoms with E-state index in [0.717, 1.165) is 0 Å². The van der Waals surface area contributed by atoms with Gasteiger partial charge in [0.15, 0.2) is 5.69 Å². The third kappa shape index (κ3) is 2.86. The lowest BCUT2D eigenvalue weighted by atomic mass is 10.2. The van der Waals surface area contributed by atoms with Crippen molar-refractivity contribution in [1.29, 1.82) is 0 Å². The van der Waals surface area contributed by atoms with E-state index in [1.54, 1.807) is 6.07 Å². The first-order valence-corrected chi connectivity index (χ1v) is 5.84. The van der Waals surface area contributed by atoms with Crippen molar-refractivity contribution >= 4 is 23.2 Å². The molecular weight excluding hydrogens is 278 g/mol. The molecule has 3 N–H and O–H groups in total. The van der Waals surface area contributed by atoms with Crippen molar-refractivity contribution in [2.24, 2.45) is 0 Å². The molecule has 2 rings (SSSR count). The van der Waals surface area contributed by atoms with Gasteiger partial charge in [-0.2, -0.15) is 0 Å². The predicted octanol–water partition coefficient (Wildman–Crippen LogP) is 0.930. The van der Waals surface area contributed by atoms with Gasteiger partial charge in [-0.25, -0.2) is 4.98 Å². The van der Waals surface area contributed by atoms with Gasteiger partial charge >= 0.3 is 0 Å². The Morgan fingerprint density at radius 3 is 2.67 bits per heavy atom. The molecule has 108 valence electrons. The van der Waals surface area contributed by atoms with E-state index in [-0.39, 0.29) is 22.8 Å². The number of aromatic nitrogens is 2. The first-order valence-electron chi connectivity index (χ1n) is 5.84. The number of imidazole rings is 1. The lowest BCUT2D eigenvalue weighted by Gasteiger charge is -2.05. The number of benzene rings is 1. The number of amides is 2. The SMILES string of the molecule is CNC(=O)c1[nH]cnc1C(=O)Nc1ccccc1[N+](=O)[O-]. The van der Waals surface area contributed by atoms with Crippen molar-refractivity contribution in [3.63, 3.8) is 0 Å². The second-order valence-electron chi connectivity index (χ2n) is 3.93. The lowest BCUT2D eigenvalue weighted by molar-refractivity contribution is -0.383. The van der Waals surface area contributed by atoms with Gasteiger partial charge in [0, 0.05) is 13.1 Å². The number of aromatic amines is 1. The van der Waals surface area contributed by atoms with Crippen molar-refractivity contribution < 1.29 is 14.5 Å². The van der Waals surface area contributed by atoms with Crippen molar-refractivity contribution in [3.05, 3.63) is 52.1 Å². The van der Waals surface area contributed by atoms with Crippen LogP contribution in [0.15, 0.2) is 30.6 Å². The second kappa shape index (κ2) is 5.82. The average molecular weight is 289 g/mol. The Balaban J connectivity index is 2.29. The van der Waals surface area contributed by atoms with E-state index >= 15 is 0 Å². The number of anilines is 1. The summed E-state index contributed by atoms with van der Waals surface area (Å²) in [4.78, 5) is 40.2. The fourth-order valence-electron chi connectivity index (χ4n) is 1.68. The molecule has 0 spiro atoms. The fraction of sp³-hybridized carbons (Fsp3) is 0.0833. The quantitative estimate of drug-likeness (QED) is 0.569. The van der Waals surface area contributed by atoms with Crippen LogP contribution < -0.4 is 10.6 Å². The van der Waals surface area contributed by atoms with E-state index in [1.165, 1.54) is 31.6 Å². The molecule has 9 heteroatoms. The van der Waals surface area contributed by atoms with Crippen LogP contribution in [0.2, 0.25) is 0 Å². The molecular formula is C12H11N5O4. The highest BCUT2D eigenvalue weighted by Gasteiger charge is 2.22. The molecule has 21 heavy (non-hydrogen) atoms. The predicted molar refractivity (Wildman–Crippen MR) is 73.0 cm³/mol. The number of nitrogens with one attached hydrogen (secondary N) is 3. The highest BCUT2D eigenvalue weighted by Crippen LogP contribution is 2.23. The standard InChI is InChI=1S/C12H11N5O4/c1-13-11(18)9-10(15-6-14-9)12(19)16-7-4-2-3-5-8(7)17(20)21/h2-6H,1H3,(H,13,18)(H,14,15)(H,16,19). The molecule has 9 nitrogen and oxygen atoms in total. The van der Waals surface area contributed by atoms with Crippen LogP contribution in [0.5, 0.6) is 0 Å². The number of nitrogens with zero attached hydrogens (tertiary/aromatic N) is 2. The molecule has 0 saturated heterocycles. The minimum atomic E-state index is -0.718. The number of carbonyl (C=O) groups is 2. The number of nitro benzene ring substituents is 1. The molecule has 0 unspecified atom stereocenters. The summed E-state index contributed by atoms with van der Waals surface area (Å²) in [6.45, 7) is 0. The number of H-pyrrole nitrogens is 1. The maximum atomic E-state index is 12.1. The first kappa shape index (κ1) is 14.2. The molecule has 2 amide bonds. The molecule has 1 aromatic carbocycles. The van der Waals surface area contributed by atoms with Gasteiger partial charge in [0.1, 0.15) is 11.4 Å². The molecule has 0 saturated carbocycles. The van der Waals surface area contributed by atoms with E-state index in [9.17, 15) is 19.7 Å². The van der Waals surface area contributed by atoms with E-state index in [1.807, 2.05) is 0 Å². The van der Waals surface area contributed by atoms with Crippen molar-refractivity contribution in [2.45, 2.75) is 0 Å². The minimum Gasteiger partial charge on any atom is -0.354 e. The van der Waals surface area contributed by atoms with Crippen LogP contribution >= 0.6 is 0 Å². The Morgan fingerprint density at radius 1 is 1.29 bits per heavy atom.